The molecule has 1 amide bonds. The van der Waals surface area contributed by atoms with Crippen LogP contribution in [0.4, 0.5) is 4.39 Å². The molecule has 0 spiro atoms. The minimum Gasteiger partial charge on any atom is -0.354 e. The Balaban J connectivity index is 0.00000176. The number of benzene rings is 1. The molecule has 2 fully saturated rings. The number of halogens is 2. The van der Waals surface area contributed by atoms with E-state index in [0.717, 1.165) is 51.1 Å². The molecule has 1 saturated carbocycles. The largest absolute Gasteiger partial charge is 0.354 e. The minimum atomic E-state index is -0.406. The molecule has 22 heavy (non-hydrogen) atoms. The minimum absolute atomic E-state index is 0. The number of carbonyl (C=O) groups excluding carboxylic acids is 1. The molecule has 1 aromatic rings. The monoisotopic (exact) mass is 327 g/mol. The van der Waals surface area contributed by atoms with Crippen molar-refractivity contribution >= 4 is 18.3 Å². The van der Waals surface area contributed by atoms with Gasteiger partial charge in [-0.15, -0.1) is 12.4 Å². The summed E-state index contributed by atoms with van der Waals surface area (Å²) < 4.78 is 13.0. The van der Waals surface area contributed by atoms with Crippen molar-refractivity contribution in [2.45, 2.75) is 18.3 Å². The van der Waals surface area contributed by atoms with E-state index in [-0.39, 0.29) is 24.1 Å². The lowest BCUT2D eigenvalue weighted by Gasteiger charge is -2.27. The van der Waals surface area contributed by atoms with E-state index in [0.29, 0.717) is 6.54 Å². The van der Waals surface area contributed by atoms with Crippen LogP contribution in [0.3, 0.4) is 0 Å². The van der Waals surface area contributed by atoms with Crippen LogP contribution in [0, 0.1) is 5.82 Å². The predicted molar refractivity (Wildman–Crippen MR) is 86.9 cm³/mol. The van der Waals surface area contributed by atoms with E-state index < -0.39 is 5.41 Å². The number of piperazine rings is 1. The van der Waals surface area contributed by atoms with Crippen molar-refractivity contribution in [1.82, 2.24) is 15.5 Å². The number of rotatable bonds is 5. The van der Waals surface area contributed by atoms with Gasteiger partial charge >= 0.3 is 0 Å². The molecule has 6 heteroatoms. The maximum absolute atomic E-state index is 13.0. The number of amides is 1. The molecule has 1 aromatic carbocycles. The quantitative estimate of drug-likeness (QED) is 0.857. The van der Waals surface area contributed by atoms with Gasteiger partial charge in [0.2, 0.25) is 5.91 Å². The van der Waals surface area contributed by atoms with E-state index in [1.165, 1.54) is 12.1 Å². The average molecular weight is 328 g/mol. The van der Waals surface area contributed by atoms with Gasteiger partial charge in [-0.25, -0.2) is 4.39 Å². The van der Waals surface area contributed by atoms with E-state index in [1.807, 2.05) is 0 Å². The van der Waals surface area contributed by atoms with Crippen molar-refractivity contribution in [3.05, 3.63) is 35.6 Å². The Morgan fingerprint density at radius 1 is 1.23 bits per heavy atom. The van der Waals surface area contributed by atoms with E-state index in [4.69, 9.17) is 0 Å². The first-order valence-corrected chi connectivity index (χ1v) is 7.68. The Bertz CT molecular complexity index is 499. The van der Waals surface area contributed by atoms with Gasteiger partial charge in [-0.2, -0.15) is 0 Å². The summed E-state index contributed by atoms with van der Waals surface area (Å²) in [6.45, 7) is 5.70. The molecule has 0 aromatic heterocycles. The van der Waals surface area contributed by atoms with Gasteiger partial charge in [0.25, 0.3) is 0 Å². The molecule has 2 N–H and O–H groups in total. The molecule has 1 aliphatic carbocycles. The second-order valence-electron chi connectivity index (χ2n) is 5.94. The molecule has 0 unspecified atom stereocenters. The lowest BCUT2D eigenvalue weighted by Crippen LogP contribution is -2.47. The van der Waals surface area contributed by atoms with Crippen LogP contribution < -0.4 is 10.6 Å². The summed E-state index contributed by atoms with van der Waals surface area (Å²) in [5, 5.41) is 6.37. The van der Waals surface area contributed by atoms with Gasteiger partial charge in [0, 0.05) is 39.3 Å². The van der Waals surface area contributed by atoms with Crippen molar-refractivity contribution in [2.24, 2.45) is 0 Å². The van der Waals surface area contributed by atoms with Crippen molar-refractivity contribution in [3.63, 3.8) is 0 Å². The first-order valence-electron chi connectivity index (χ1n) is 7.68. The van der Waals surface area contributed by atoms with Crippen LogP contribution in [0.2, 0.25) is 0 Å². The standard InChI is InChI=1S/C16H22FN3O.ClH/c17-14-3-1-13(2-4-14)16(5-6-16)15(21)19-9-12-20-10-7-18-8-11-20;/h1-4,18H,5-12H2,(H,19,21);1H. The van der Waals surface area contributed by atoms with Crippen LogP contribution in [-0.4, -0.2) is 50.1 Å². The Morgan fingerprint density at radius 3 is 2.45 bits per heavy atom. The first kappa shape index (κ1) is 17.2. The third kappa shape index (κ3) is 3.77. The predicted octanol–water partition coefficient (Wildman–Crippen LogP) is 1.30. The summed E-state index contributed by atoms with van der Waals surface area (Å²) in [7, 11) is 0. The Labute approximate surface area is 136 Å². The molecule has 3 rings (SSSR count). The van der Waals surface area contributed by atoms with E-state index in [2.05, 4.69) is 15.5 Å². The van der Waals surface area contributed by atoms with Gasteiger partial charge in [-0.3, -0.25) is 9.69 Å². The highest BCUT2D eigenvalue weighted by Gasteiger charge is 2.51. The van der Waals surface area contributed by atoms with E-state index >= 15 is 0 Å². The number of nitrogens with zero attached hydrogens (tertiary/aromatic N) is 1. The summed E-state index contributed by atoms with van der Waals surface area (Å²) >= 11 is 0. The second kappa shape index (κ2) is 7.40. The molecule has 122 valence electrons. The Hall–Kier alpha value is -1.17. The van der Waals surface area contributed by atoms with Crippen molar-refractivity contribution in [3.8, 4) is 0 Å². The molecule has 2 aliphatic rings. The third-order valence-electron chi connectivity index (χ3n) is 4.50. The lowest BCUT2D eigenvalue weighted by molar-refractivity contribution is -0.123. The van der Waals surface area contributed by atoms with Crippen LogP contribution in [0.25, 0.3) is 0 Å². The Morgan fingerprint density at radius 2 is 1.86 bits per heavy atom. The zero-order valence-corrected chi connectivity index (χ0v) is 13.4. The maximum Gasteiger partial charge on any atom is 0.230 e. The highest BCUT2D eigenvalue weighted by Crippen LogP contribution is 2.48. The molecular formula is C16H23ClFN3O. The average Bonchev–Trinajstić information content (AvgIpc) is 3.31. The fourth-order valence-corrected chi connectivity index (χ4v) is 2.97. The van der Waals surface area contributed by atoms with Gasteiger partial charge < -0.3 is 10.6 Å². The highest BCUT2D eigenvalue weighted by atomic mass is 35.5. The lowest BCUT2D eigenvalue weighted by atomic mass is 9.95. The molecule has 1 saturated heterocycles. The molecule has 4 nitrogen and oxygen atoms in total. The van der Waals surface area contributed by atoms with Gasteiger partial charge in [0.15, 0.2) is 0 Å². The normalized spacial score (nSPS) is 20.0. The van der Waals surface area contributed by atoms with Crippen LogP contribution in [0.5, 0.6) is 0 Å². The first-order chi connectivity index (χ1) is 10.2. The van der Waals surface area contributed by atoms with Crippen molar-refractivity contribution in [1.29, 1.82) is 0 Å². The summed E-state index contributed by atoms with van der Waals surface area (Å²) in [4.78, 5) is 14.8. The molecule has 0 atom stereocenters. The molecule has 0 bridgehead atoms. The van der Waals surface area contributed by atoms with E-state index in [9.17, 15) is 9.18 Å². The summed E-state index contributed by atoms with van der Waals surface area (Å²) in [5.74, 6) is -0.169. The summed E-state index contributed by atoms with van der Waals surface area (Å²) in [5.41, 5.74) is 0.528. The Kier molecular flexibility index (Phi) is 5.78. The number of nitrogens with one attached hydrogen (secondary N) is 2. The van der Waals surface area contributed by atoms with Crippen LogP contribution >= 0.6 is 12.4 Å². The molecule has 1 heterocycles. The summed E-state index contributed by atoms with van der Waals surface area (Å²) in [6.07, 6.45) is 1.72. The zero-order valence-electron chi connectivity index (χ0n) is 12.6. The van der Waals surface area contributed by atoms with Crippen LogP contribution in [0.1, 0.15) is 18.4 Å². The number of hydrogen-bond acceptors (Lipinski definition) is 3. The fraction of sp³-hybridized carbons (Fsp3) is 0.562. The topological polar surface area (TPSA) is 44.4 Å². The van der Waals surface area contributed by atoms with Crippen molar-refractivity contribution < 1.29 is 9.18 Å². The van der Waals surface area contributed by atoms with Gasteiger partial charge in [0.05, 0.1) is 5.41 Å². The third-order valence-corrected chi connectivity index (χ3v) is 4.50. The fourth-order valence-electron chi connectivity index (χ4n) is 2.97. The number of carbonyl (C=O) groups is 1. The highest BCUT2D eigenvalue weighted by molar-refractivity contribution is 5.91. The molecule has 0 radical (unpaired) electrons. The van der Waals surface area contributed by atoms with E-state index in [1.54, 1.807) is 12.1 Å². The maximum atomic E-state index is 13.0. The number of hydrogen-bond donors (Lipinski definition) is 2. The van der Waals surface area contributed by atoms with Crippen LogP contribution in [-0.2, 0) is 10.2 Å². The SMILES string of the molecule is Cl.O=C(NCCN1CCNCC1)C1(c2ccc(F)cc2)CC1. The summed E-state index contributed by atoms with van der Waals surface area (Å²) in [6, 6.07) is 6.34. The molecule has 1 aliphatic heterocycles. The van der Waals surface area contributed by atoms with Gasteiger partial charge in [-0.1, -0.05) is 12.1 Å². The second-order valence-corrected chi connectivity index (χ2v) is 5.94. The molecular weight excluding hydrogens is 305 g/mol. The van der Waals surface area contributed by atoms with Crippen LogP contribution in [0.15, 0.2) is 24.3 Å². The van der Waals surface area contributed by atoms with Gasteiger partial charge in [-0.05, 0) is 30.5 Å². The smallest absolute Gasteiger partial charge is 0.230 e. The zero-order chi connectivity index (χ0) is 14.7. The van der Waals surface area contributed by atoms with Crippen molar-refractivity contribution in [2.75, 3.05) is 39.3 Å². The van der Waals surface area contributed by atoms with Gasteiger partial charge in [0.1, 0.15) is 5.82 Å².